The quantitative estimate of drug-likeness (QED) is 0.222. The van der Waals surface area contributed by atoms with Gasteiger partial charge in [-0.2, -0.15) is 0 Å². The van der Waals surface area contributed by atoms with Gasteiger partial charge >= 0.3 is 17.9 Å². The van der Waals surface area contributed by atoms with E-state index in [1.165, 1.54) is 7.11 Å². The number of esters is 3. The lowest BCUT2D eigenvalue weighted by Crippen LogP contribution is -2.17. The van der Waals surface area contributed by atoms with Gasteiger partial charge in [-0.3, -0.25) is 4.79 Å². The first-order valence-corrected chi connectivity index (χ1v) is 11.3. The van der Waals surface area contributed by atoms with Crippen molar-refractivity contribution in [2.75, 3.05) is 20.3 Å². The third-order valence-electron chi connectivity index (χ3n) is 5.41. The lowest BCUT2D eigenvalue weighted by Gasteiger charge is -2.10. The molecule has 1 atom stereocenters. The van der Waals surface area contributed by atoms with E-state index in [0.717, 1.165) is 17.5 Å². The number of hydrogen-bond donors (Lipinski definition) is 0. The summed E-state index contributed by atoms with van der Waals surface area (Å²) >= 11 is 0. The molecule has 0 saturated carbocycles. The van der Waals surface area contributed by atoms with Crippen LogP contribution in [0.15, 0.2) is 72.8 Å². The molecule has 35 heavy (non-hydrogen) atoms. The van der Waals surface area contributed by atoms with Crippen LogP contribution in [0.2, 0.25) is 0 Å². The molecule has 0 saturated heterocycles. The Morgan fingerprint density at radius 2 is 1.23 bits per heavy atom. The van der Waals surface area contributed by atoms with Gasteiger partial charge in [-0.1, -0.05) is 38.1 Å². The summed E-state index contributed by atoms with van der Waals surface area (Å²) < 4.78 is 20.9. The molecule has 0 spiro atoms. The maximum absolute atomic E-state index is 12.5. The van der Waals surface area contributed by atoms with Crippen molar-refractivity contribution in [3.63, 3.8) is 0 Å². The molecule has 3 aromatic rings. The molecule has 0 bridgehead atoms. The molecule has 0 N–H and O–H groups in total. The van der Waals surface area contributed by atoms with E-state index in [1.807, 2.05) is 38.1 Å². The van der Waals surface area contributed by atoms with Crippen molar-refractivity contribution in [3.8, 4) is 22.6 Å². The third kappa shape index (κ3) is 7.17. The fraction of sp³-hybridized carbons (Fsp3) is 0.250. The molecule has 1 unspecified atom stereocenters. The van der Waals surface area contributed by atoms with Gasteiger partial charge in [-0.15, -0.1) is 0 Å². The Balaban J connectivity index is 1.50. The molecule has 0 heterocycles. The van der Waals surface area contributed by atoms with Crippen molar-refractivity contribution >= 4 is 17.9 Å². The second kappa shape index (κ2) is 12.4. The predicted octanol–water partition coefficient (Wildman–Crippen LogP) is 5.33. The minimum Gasteiger partial charge on any atom is -0.490 e. The molecule has 7 nitrogen and oxygen atoms in total. The smallest absolute Gasteiger partial charge is 0.343 e. The number of benzene rings is 3. The second-order valence-corrected chi connectivity index (χ2v) is 7.83. The molecule has 3 aromatic carbocycles. The highest BCUT2D eigenvalue weighted by atomic mass is 16.6. The fourth-order valence-electron chi connectivity index (χ4n) is 3.10. The van der Waals surface area contributed by atoms with Crippen LogP contribution in [-0.4, -0.2) is 38.2 Å². The van der Waals surface area contributed by atoms with Crippen LogP contribution < -0.4 is 9.47 Å². The summed E-state index contributed by atoms with van der Waals surface area (Å²) in [5, 5.41) is 0. The van der Waals surface area contributed by atoms with Gasteiger partial charge in [-0.05, 0) is 66.1 Å². The standard InChI is InChI=1S/C28H28O7/c1-4-19(2)26(29)34-18-17-33-24-13-11-23(12-14-24)28(31)35-25-15-9-21(10-16-25)20-5-7-22(8-6-20)27(30)32-3/h5-16,19H,4,17-18H2,1-3H3. The Labute approximate surface area is 204 Å². The number of rotatable bonds is 10. The van der Waals surface area contributed by atoms with Crippen molar-refractivity contribution in [1.82, 2.24) is 0 Å². The van der Waals surface area contributed by atoms with Gasteiger partial charge in [0.15, 0.2) is 0 Å². The summed E-state index contributed by atoms with van der Waals surface area (Å²) in [5.74, 6) is -0.276. The van der Waals surface area contributed by atoms with E-state index in [2.05, 4.69) is 0 Å². The SMILES string of the molecule is CCC(C)C(=O)OCCOc1ccc(C(=O)Oc2ccc(-c3ccc(C(=O)OC)cc3)cc2)cc1. The number of hydrogen-bond acceptors (Lipinski definition) is 7. The van der Waals surface area contributed by atoms with Crippen molar-refractivity contribution in [3.05, 3.63) is 83.9 Å². The zero-order valence-corrected chi connectivity index (χ0v) is 20.0. The largest absolute Gasteiger partial charge is 0.490 e. The van der Waals surface area contributed by atoms with Crippen LogP contribution in [0.3, 0.4) is 0 Å². The summed E-state index contributed by atoms with van der Waals surface area (Å²) in [6, 6.07) is 20.7. The van der Waals surface area contributed by atoms with Gasteiger partial charge in [0.2, 0.25) is 0 Å². The molecule has 0 aliphatic heterocycles. The van der Waals surface area contributed by atoms with Gasteiger partial charge in [-0.25, -0.2) is 9.59 Å². The first kappa shape index (κ1) is 25.5. The van der Waals surface area contributed by atoms with Gasteiger partial charge in [0.1, 0.15) is 24.7 Å². The maximum Gasteiger partial charge on any atom is 0.343 e. The monoisotopic (exact) mass is 476 g/mol. The molecule has 0 radical (unpaired) electrons. The first-order valence-electron chi connectivity index (χ1n) is 11.3. The Kier molecular flexibility index (Phi) is 9.01. The van der Waals surface area contributed by atoms with Crippen LogP contribution in [0.5, 0.6) is 11.5 Å². The lowest BCUT2D eigenvalue weighted by molar-refractivity contribution is -0.148. The highest BCUT2D eigenvalue weighted by Gasteiger charge is 2.12. The minimum absolute atomic E-state index is 0.129. The molecule has 0 aliphatic carbocycles. The van der Waals surface area contributed by atoms with E-state index in [-0.39, 0.29) is 31.1 Å². The van der Waals surface area contributed by atoms with Crippen molar-refractivity contribution in [2.24, 2.45) is 5.92 Å². The topological polar surface area (TPSA) is 88.1 Å². The molecule has 3 rings (SSSR count). The average molecular weight is 477 g/mol. The number of carbonyl (C=O) groups is 3. The average Bonchev–Trinajstić information content (AvgIpc) is 2.90. The van der Waals surface area contributed by atoms with Crippen molar-refractivity contribution < 1.29 is 33.3 Å². The summed E-state index contributed by atoms with van der Waals surface area (Å²) in [7, 11) is 1.34. The molecule has 0 fully saturated rings. The molecular weight excluding hydrogens is 448 g/mol. The summed E-state index contributed by atoms with van der Waals surface area (Å²) in [4.78, 5) is 35.7. The van der Waals surface area contributed by atoms with E-state index in [1.54, 1.807) is 48.5 Å². The van der Waals surface area contributed by atoms with E-state index in [9.17, 15) is 14.4 Å². The molecular formula is C28H28O7. The lowest BCUT2D eigenvalue weighted by atomic mass is 10.0. The van der Waals surface area contributed by atoms with Gasteiger partial charge in [0.25, 0.3) is 0 Å². The van der Waals surface area contributed by atoms with Crippen molar-refractivity contribution in [1.29, 1.82) is 0 Å². The van der Waals surface area contributed by atoms with Gasteiger partial charge in [0.05, 0.1) is 24.2 Å². The summed E-state index contributed by atoms with van der Waals surface area (Å²) in [5.41, 5.74) is 2.68. The number of carbonyl (C=O) groups excluding carboxylic acids is 3. The third-order valence-corrected chi connectivity index (χ3v) is 5.41. The van der Waals surface area contributed by atoms with E-state index in [0.29, 0.717) is 22.6 Å². The number of ether oxygens (including phenoxy) is 4. The highest BCUT2D eigenvalue weighted by Crippen LogP contribution is 2.24. The van der Waals surface area contributed by atoms with Crippen LogP contribution in [0.25, 0.3) is 11.1 Å². The van der Waals surface area contributed by atoms with Crippen LogP contribution in [0.1, 0.15) is 41.0 Å². The summed E-state index contributed by atoms with van der Waals surface area (Å²) in [6.45, 7) is 4.14. The van der Waals surface area contributed by atoms with E-state index >= 15 is 0 Å². The molecule has 7 heteroatoms. The Morgan fingerprint density at radius 3 is 1.80 bits per heavy atom. The number of methoxy groups -OCH3 is 1. The molecule has 0 aliphatic rings. The van der Waals surface area contributed by atoms with Crippen LogP contribution in [-0.2, 0) is 14.3 Å². The molecule has 0 aromatic heterocycles. The Morgan fingerprint density at radius 1 is 0.714 bits per heavy atom. The Hall–Kier alpha value is -4.13. The van der Waals surface area contributed by atoms with E-state index < -0.39 is 5.97 Å². The van der Waals surface area contributed by atoms with E-state index in [4.69, 9.17) is 18.9 Å². The van der Waals surface area contributed by atoms with Crippen molar-refractivity contribution in [2.45, 2.75) is 20.3 Å². The Bertz CT molecular complexity index is 1130. The molecule has 0 amide bonds. The summed E-state index contributed by atoms with van der Waals surface area (Å²) in [6.07, 6.45) is 0.730. The predicted molar refractivity (Wildman–Crippen MR) is 131 cm³/mol. The van der Waals surface area contributed by atoms with Gasteiger partial charge in [0, 0.05) is 0 Å². The second-order valence-electron chi connectivity index (χ2n) is 7.83. The minimum atomic E-state index is -0.491. The normalized spacial score (nSPS) is 11.3. The first-order chi connectivity index (χ1) is 16.9. The maximum atomic E-state index is 12.5. The highest BCUT2D eigenvalue weighted by molar-refractivity contribution is 5.91. The van der Waals surface area contributed by atoms with Crippen LogP contribution in [0, 0.1) is 5.92 Å². The zero-order chi connectivity index (χ0) is 25.2. The van der Waals surface area contributed by atoms with Crippen LogP contribution >= 0.6 is 0 Å². The molecule has 182 valence electrons. The fourth-order valence-corrected chi connectivity index (χ4v) is 3.10. The zero-order valence-electron chi connectivity index (χ0n) is 20.0. The van der Waals surface area contributed by atoms with Crippen LogP contribution in [0.4, 0.5) is 0 Å². The van der Waals surface area contributed by atoms with Gasteiger partial charge < -0.3 is 18.9 Å².